The van der Waals surface area contributed by atoms with E-state index in [1.165, 1.54) is 17.1 Å². The molecule has 3 N–H and O–H groups in total. The topological polar surface area (TPSA) is 71.2 Å². The first-order valence-electron chi connectivity index (χ1n) is 6.97. The van der Waals surface area contributed by atoms with Gasteiger partial charge in [0.05, 0.1) is 16.8 Å². The number of anilines is 2. The normalized spacial score (nSPS) is 16.8. The van der Waals surface area contributed by atoms with Crippen LogP contribution in [0.3, 0.4) is 0 Å². The molecule has 1 fully saturated rings. The van der Waals surface area contributed by atoms with Gasteiger partial charge in [-0.25, -0.2) is 4.98 Å². The van der Waals surface area contributed by atoms with Crippen molar-refractivity contribution in [2.24, 2.45) is 0 Å². The summed E-state index contributed by atoms with van der Waals surface area (Å²) in [5, 5.41) is 3.54. The summed E-state index contributed by atoms with van der Waals surface area (Å²) in [5.41, 5.74) is 7.34. The molecular formula is C14H18N4OS2. The van der Waals surface area contributed by atoms with E-state index in [1.807, 2.05) is 30.0 Å². The van der Waals surface area contributed by atoms with E-state index < -0.39 is 0 Å². The van der Waals surface area contributed by atoms with Crippen molar-refractivity contribution in [1.29, 1.82) is 0 Å². The van der Waals surface area contributed by atoms with Crippen LogP contribution in [0.1, 0.15) is 6.42 Å². The summed E-state index contributed by atoms with van der Waals surface area (Å²) in [6.07, 6.45) is 1.15. The molecule has 0 radical (unpaired) electrons. The van der Waals surface area contributed by atoms with Crippen molar-refractivity contribution in [2.75, 3.05) is 42.2 Å². The van der Waals surface area contributed by atoms with Crippen molar-refractivity contribution < 1.29 is 4.79 Å². The van der Waals surface area contributed by atoms with Gasteiger partial charge in [-0.1, -0.05) is 11.3 Å². The maximum absolute atomic E-state index is 12.1. The molecule has 112 valence electrons. The number of nitrogens with zero attached hydrogens (tertiary/aromatic N) is 2. The number of thiazole rings is 1. The standard InChI is InChI=1S/C14H18N4OS2/c15-10-2-3-11-12(8-10)21-14(16-11)17-13(19)9-18-4-1-6-20-7-5-18/h2-3,8H,1,4-7,9,15H2,(H,16,17,19). The number of thioether (sulfide) groups is 1. The van der Waals surface area contributed by atoms with Gasteiger partial charge in [0.25, 0.3) is 0 Å². The summed E-state index contributed by atoms with van der Waals surface area (Å²) >= 11 is 3.42. The number of hydrogen-bond acceptors (Lipinski definition) is 6. The molecule has 1 saturated heterocycles. The number of nitrogens with two attached hydrogens (primary N) is 1. The van der Waals surface area contributed by atoms with Crippen LogP contribution >= 0.6 is 23.1 Å². The molecule has 2 heterocycles. The van der Waals surface area contributed by atoms with E-state index in [1.54, 1.807) is 0 Å². The highest BCUT2D eigenvalue weighted by Crippen LogP contribution is 2.27. The summed E-state index contributed by atoms with van der Waals surface area (Å²) in [4.78, 5) is 18.7. The van der Waals surface area contributed by atoms with E-state index in [9.17, 15) is 4.79 Å². The van der Waals surface area contributed by atoms with Crippen molar-refractivity contribution in [3.63, 3.8) is 0 Å². The second-order valence-electron chi connectivity index (χ2n) is 5.04. The van der Waals surface area contributed by atoms with Gasteiger partial charge in [-0.05, 0) is 36.9 Å². The van der Waals surface area contributed by atoms with Crippen LogP contribution in [-0.2, 0) is 4.79 Å². The van der Waals surface area contributed by atoms with Gasteiger partial charge in [0.1, 0.15) is 0 Å². The van der Waals surface area contributed by atoms with Gasteiger partial charge in [-0.2, -0.15) is 11.8 Å². The van der Waals surface area contributed by atoms with Gasteiger partial charge in [0.2, 0.25) is 5.91 Å². The van der Waals surface area contributed by atoms with Crippen LogP contribution in [0.25, 0.3) is 10.2 Å². The molecule has 1 aliphatic rings. The van der Waals surface area contributed by atoms with E-state index in [-0.39, 0.29) is 5.91 Å². The predicted octanol–water partition coefficient (Wildman–Crippen LogP) is 2.26. The highest BCUT2D eigenvalue weighted by molar-refractivity contribution is 7.99. The third-order valence-electron chi connectivity index (χ3n) is 3.34. The molecule has 5 nitrogen and oxygen atoms in total. The Morgan fingerprint density at radius 1 is 1.38 bits per heavy atom. The van der Waals surface area contributed by atoms with Crippen molar-refractivity contribution in [1.82, 2.24) is 9.88 Å². The Kier molecular flexibility index (Phi) is 4.62. The Balaban J connectivity index is 1.62. The molecule has 1 aliphatic heterocycles. The number of hydrogen-bond donors (Lipinski definition) is 2. The lowest BCUT2D eigenvalue weighted by atomic mass is 10.3. The van der Waals surface area contributed by atoms with Crippen LogP contribution in [0.2, 0.25) is 0 Å². The maximum atomic E-state index is 12.1. The van der Waals surface area contributed by atoms with Crippen molar-refractivity contribution in [3.8, 4) is 0 Å². The first-order chi connectivity index (χ1) is 10.2. The Hall–Kier alpha value is -1.31. The second kappa shape index (κ2) is 6.64. The maximum Gasteiger partial charge on any atom is 0.240 e. The summed E-state index contributed by atoms with van der Waals surface area (Å²) in [7, 11) is 0. The SMILES string of the molecule is Nc1ccc2nc(NC(=O)CN3CCCSCC3)sc2c1. The predicted molar refractivity (Wildman–Crippen MR) is 91.0 cm³/mol. The molecule has 7 heteroatoms. The number of benzene rings is 1. The number of fused-ring (bicyclic) bond motifs is 1. The molecule has 1 aromatic heterocycles. The number of rotatable bonds is 3. The first-order valence-corrected chi connectivity index (χ1v) is 8.94. The minimum Gasteiger partial charge on any atom is -0.399 e. The van der Waals surface area contributed by atoms with Gasteiger partial charge < -0.3 is 11.1 Å². The smallest absolute Gasteiger partial charge is 0.240 e. The number of aromatic nitrogens is 1. The van der Waals surface area contributed by atoms with Gasteiger partial charge in [-0.3, -0.25) is 9.69 Å². The van der Waals surface area contributed by atoms with Gasteiger partial charge in [0.15, 0.2) is 5.13 Å². The fourth-order valence-electron chi connectivity index (χ4n) is 2.31. The monoisotopic (exact) mass is 322 g/mol. The van der Waals surface area contributed by atoms with Gasteiger partial charge >= 0.3 is 0 Å². The van der Waals surface area contributed by atoms with E-state index in [2.05, 4.69) is 15.2 Å². The van der Waals surface area contributed by atoms with Gasteiger partial charge in [-0.15, -0.1) is 0 Å². The molecule has 0 saturated carbocycles. The van der Waals surface area contributed by atoms with Crippen molar-refractivity contribution in [3.05, 3.63) is 18.2 Å². The van der Waals surface area contributed by atoms with Crippen LogP contribution in [0, 0.1) is 0 Å². The fourth-order valence-corrected chi connectivity index (χ4v) is 4.17. The molecule has 0 bridgehead atoms. The number of carbonyl (C=O) groups is 1. The van der Waals surface area contributed by atoms with Crippen LogP contribution in [0.15, 0.2) is 18.2 Å². The van der Waals surface area contributed by atoms with Crippen LogP contribution in [-0.4, -0.2) is 46.9 Å². The van der Waals surface area contributed by atoms with Crippen LogP contribution in [0.5, 0.6) is 0 Å². The zero-order valence-corrected chi connectivity index (χ0v) is 13.3. The number of carbonyl (C=O) groups excluding carboxylic acids is 1. The molecular weight excluding hydrogens is 304 g/mol. The van der Waals surface area contributed by atoms with E-state index >= 15 is 0 Å². The lowest BCUT2D eigenvalue weighted by Crippen LogP contribution is -2.34. The zero-order chi connectivity index (χ0) is 14.7. The molecule has 1 amide bonds. The Morgan fingerprint density at radius 2 is 2.29 bits per heavy atom. The molecule has 0 aliphatic carbocycles. The summed E-state index contributed by atoms with van der Waals surface area (Å²) < 4.78 is 0.997. The summed E-state index contributed by atoms with van der Waals surface area (Å²) in [6, 6.07) is 5.58. The number of amides is 1. The molecule has 0 atom stereocenters. The average Bonchev–Trinajstić information content (AvgIpc) is 2.66. The minimum absolute atomic E-state index is 0.00827. The highest BCUT2D eigenvalue weighted by Gasteiger charge is 2.14. The first kappa shape index (κ1) is 14.6. The lowest BCUT2D eigenvalue weighted by molar-refractivity contribution is -0.117. The summed E-state index contributed by atoms with van der Waals surface area (Å²) in [6.45, 7) is 2.42. The minimum atomic E-state index is 0.00827. The second-order valence-corrected chi connectivity index (χ2v) is 7.29. The van der Waals surface area contributed by atoms with Gasteiger partial charge in [0, 0.05) is 18.0 Å². The van der Waals surface area contributed by atoms with E-state index in [0.29, 0.717) is 17.4 Å². The number of nitrogens with one attached hydrogen (secondary N) is 1. The third-order valence-corrected chi connectivity index (χ3v) is 5.32. The quantitative estimate of drug-likeness (QED) is 0.848. The Bertz CT molecular complexity index is 635. The Morgan fingerprint density at radius 3 is 3.19 bits per heavy atom. The molecule has 21 heavy (non-hydrogen) atoms. The van der Waals surface area contributed by atoms with Crippen molar-refractivity contribution in [2.45, 2.75) is 6.42 Å². The van der Waals surface area contributed by atoms with Crippen LogP contribution in [0.4, 0.5) is 10.8 Å². The lowest BCUT2D eigenvalue weighted by Gasteiger charge is -2.17. The Labute approximate surface area is 131 Å². The molecule has 1 aromatic carbocycles. The third kappa shape index (κ3) is 3.87. The fraction of sp³-hybridized carbons (Fsp3) is 0.429. The largest absolute Gasteiger partial charge is 0.399 e. The summed E-state index contributed by atoms with van der Waals surface area (Å²) in [5.74, 6) is 2.30. The molecule has 3 rings (SSSR count). The zero-order valence-electron chi connectivity index (χ0n) is 11.7. The molecule has 2 aromatic rings. The van der Waals surface area contributed by atoms with E-state index in [4.69, 9.17) is 5.73 Å². The molecule has 0 unspecified atom stereocenters. The number of nitrogen functional groups attached to an aromatic ring is 1. The average molecular weight is 322 g/mol. The van der Waals surface area contributed by atoms with Crippen molar-refractivity contribution >= 4 is 50.0 Å². The molecule has 0 spiro atoms. The van der Waals surface area contributed by atoms with E-state index in [0.717, 1.165) is 35.5 Å². The highest BCUT2D eigenvalue weighted by atomic mass is 32.2. The van der Waals surface area contributed by atoms with Crippen LogP contribution < -0.4 is 11.1 Å².